The van der Waals surface area contributed by atoms with Crippen LogP contribution < -0.4 is 0 Å². The molecule has 0 amide bonds. The molecule has 0 spiro atoms. The van der Waals surface area contributed by atoms with Crippen molar-refractivity contribution >= 4 is 57.4 Å². The zero-order chi connectivity index (χ0) is 9.14. The van der Waals surface area contributed by atoms with E-state index >= 15 is 0 Å². The minimum absolute atomic E-state index is 0. The van der Waals surface area contributed by atoms with Crippen molar-refractivity contribution in [1.82, 2.24) is 4.98 Å². The van der Waals surface area contributed by atoms with Crippen LogP contribution in [0.25, 0.3) is 0 Å². The summed E-state index contributed by atoms with van der Waals surface area (Å²) >= 11 is 0. The van der Waals surface area contributed by atoms with Gasteiger partial charge in [0.25, 0.3) is 0 Å². The molecule has 1 rings (SSSR count). The first-order chi connectivity index (χ1) is 5.63. The van der Waals surface area contributed by atoms with Crippen LogP contribution in [0, 0.1) is 0 Å². The van der Waals surface area contributed by atoms with E-state index < -0.39 is 17.6 Å². The molecule has 6 heteroatoms. The smallest absolute Gasteiger partial charge is 0.355 e. The molecule has 0 fully saturated rings. The van der Waals surface area contributed by atoms with Gasteiger partial charge in [0.1, 0.15) is 0 Å². The van der Waals surface area contributed by atoms with Gasteiger partial charge in [0.2, 0.25) is 0 Å². The monoisotopic (exact) mass is 255 g/mol. The van der Waals surface area contributed by atoms with Crippen LogP contribution in [-0.2, 0) is 0 Å². The Hall–Kier alpha value is -0.429. The van der Waals surface area contributed by atoms with E-state index in [4.69, 9.17) is 10.2 Å². The molecule has 1 aromatic heterocycles. The van der Waals surface area contributed by atoms with Crippen molar-refractivity contribution < 1.29 is 19.8 Å². The van der Waals surface area contributed by atoms with Gasteiger partial charge in [-0.05, 0) is 12.1 Å². The summed E-state index contributed by atoms with van der Waals surface area (Å²) in [4.78, 5) is 24.2. The molecule has 0 unspecified atom stereocenters. The van der Waals surface area contributed by atoms with Gasteiger partial charge in [-0.25, -0.2) is 14.6 Å². The van der Waals surface area contributed by atoms with Crippen LogP contribution in [0.15, 0.2) is 18.3 Å². The molecule has 0 aliphatic rings. The second-order valence-corrected chi connectivity index (χ2v) is 2.01. The first kappa shape index (κ1) is 12.6. The maximum absolute atomic E-state index is 10.4. The van der Waals surface area contributed by atoms with Gasteiger partial charge in [0.15, 0.2) is 5.69 Å². The van der Waals surface area contributed by atoms with Crippen molar-refractivity contribution in [3.63, 3.8) is 0 Å². The van der Waals surface area contributed by atoms with Crippen LogP contribution in [0.4, 0.5) is 0 Å². The molecular formula is C7H5NO4Sr. The zero-order valence-corrected chi connectivity index (χ0v) is 10.1. The number of pyridine rings is 1. The Balaban J connectivity index is 0.00000144. The summed E-state index contributed by atoms with van der Waals surface area (Å²) in [6, 6.07) is 2.56. The van der Waals surface area contributed by atoms with E-state index in [0.29, 0.717) is 0 Å². The summed E-state index contributed by atoms with van der Waals surface area (Å²) < 4.78 is 0. The van der Waals surface area contributed by atoms with Crippen LogP contribution in [-0.4, -0.2) is 72.6 Å². The molecule has 0 bridgehead atoms. The normalized spacial score (nSPS) is 8.62. The van der Waals surface area contributed by atoms with E-state index in [1.54, 1.807) is 0 Å². The summed E-state index contributed by atoms with van der Waals surface area (Å²) in [6.45, 7) is 0. The minimum atomic E-state index is -1.34. The number of aromatic nitrogens is 1. The van der Waals surface area contributed by atoms with Crippen molar-refractivity contribution in [2.45, 2.75) is 0 Å². The number of hydrogen-bond acceptors (Lipinski definition) is 3. The molecule has 13 heavy (non-hydrogen) atoms. The van der Waals surface area contributed by atoms with Crippen LogP contribution in [0.5, 0.6) is 0 Å². The summed E-state index contributed by atoms with van der Waals surface area (Å²) in [6.07, 6.45) is 1.23. The molecule has 0 aromatic carbocycles. The van der Waals surface area contributed by atoms with Crippen molar-refractivity contribution in [3.05, 3.63) is 29.6 Å². The fourth-order valence-electron chi connectivity index (χ4n) is 0.748. The Labute approximate surface area is 111 Å². The van der Waals surface area contributed by atoms with Crippen LogP contribution in [0.3, 0.4) is 0 Å². The fourth-order valence-corrected chi connectivity index (χ4v) is 0.748. The molecule has 5 nitrogen and oxygen atoms in total. The second-order valence-electron chi connectivity index (χ2n) is 2.01. The second kappa shape index (κ2) is 5.33. The molecule has 2 N–H and O–H groups in total. The average Bonchev–Trinajstić information content (AvgIpc) is 2.04. The number of carboxylic acid groups (broad SMARTS) is 2. The first-order valence-electron chi connectivity index (χ1n) is 3.04. The van der Waals surface area contributed by atoms with E-state index in [2.05, 4.69) is 4.98 Å². The van der Waals surface area contributed by atoms with Gasteiger partial charge in [-0.3, -0.25) is 0 Å². The number of nitrogens with zero attached hydrogens (tertiary/aromatic N) is 1. The van der Waals surface area contributed by atoms with E-state index in [-0.39, 0.29) is 51.0 Å². The summed E-state index contributed by atoms with van der Waals surface area (Å²) in [5, 5.41) is 17.0. The van der Waals surface area contributed by atoms with Gasteiger partial charge < -0.3 is 10.2 Å². The minimum Gasteiger partial charge on any atom is -0.478 e. The Morgan fingerprint density at radius 3 is 2.23 bits per heavy atom. The molecule has 0 aliphatic carbocycles. The molecular weight excluding hydrogens is 250 g/mol. The fraction of sp³-hybridized carbons (Fsp3) is 0. The average molecular weight is 255 g/mol. The van der Waals surface area contributed by atoms with Gasteiger partial charge >= 0.3 is 11.9 Å². The molecule has 0 saturated heterocycles. The van der Waals surface area contributed by atoms with Gasteiger partial charge in [0, 0.05) is 51.7 Å². The van der Waals surface area contributed by atoms with E-state index in [9.17, 15) is 9.59 Å². The number of rotatable bonds is 2. The summed E-state index contributed by atoms with van der Waals surface area (Å²) in [5.41, 5.74) is -0.741. The molecule has 0 aliphatic heterocycles. The Morgan fingerprint density at radius 1 is 1.23 bits per heavy atom. The van der Waals surface area contributed by atoms with Gasteiger partial charge in [0.05, 0.1) is 5.56 Å². The molecule has 0 saturated carbocycles. The number of hydrogen-bond donors (Lipinski definition) is 2. The SMILES string of the molecule is O=C(O)c1cccnc1C(=O)O.[Sr]. The summed E-state index contributed by atoms with van der Waals surface area (Å²) in [7, 11) is 0. The topological polar surface area (TPSA) is 87.5 Å². The Kier molecular flexibility index (Phi) is 5.16. The van der Waals surface area contributed by atoms with E-state index in [1.165, 1.54) is 18.3 Å². The maximum Gasteiger partial charge on any atom is 0.355 e. The zero-order valence-electron chi connectivity index (χ0n) is 6.60. The Bertz CT molecular complexity index is 306. The van der Waals surface area contributed by atoms with E-state index in [0.717, 1.165) is 0 Å². The molecule has 1 heterocycles. The third-order valence-electron chi connectivity index (χ3n) is 1.24. The summed E-state index contributed by atoms with van der Waals surface area (Å²) in [5.74, 6) is -2.63. The van der Waals surface area contributed by atoms with Crippen LogP contribution >= 0.6 is 0 Å². The van der Waals surface area contributed by atoms with Crippen LogP contribution in [0.2, 0.25) is 0 Å². The molecule has 2 radical (unpaired) electrons. The van der Waals surface area contributed by atoms with Crippen LogP contribution in [0.1, 0.15) is 20.8 Å². The first-order valence-corrected chi connectivity index (χ1v) is 3.04. The van der Waals surface area contributed by atoms with Gasteiger partial charge in [-0.2, -0.15) is 0 Å². The number of carboxylic acids is 2. The standard InChI is InChI=1S/C7H5NO4.Sr/c9-6(10)4-2-1-3-8-5(4)7(11)12;/h1-3H,(H,9,10)(H,11,12);. The predicted molar refractivity (Wildman–Crippen MR) is 43.9 cm³/mol. The number of aromatic carboxylic acids is 2. The molecule has 0 atom stereocenters. The molecule has 1 aromatic rings. The quantitative estimate of drug-likeness (QED) is 0.731. The Morgan fingerprint density at radius 2 is 1.85 bits per heavy atom. The van der Waals surface area contributed by atoms with Gasteiger partial charge in [-0.15, -0.1) is 0 Å². The van der Waals surface area contributed by atoms with E-state index in [1.807, 2.05) is 0 Å². The maximum atomic E-state index is 10.4. The largest absolute Gasteiger partial charge is 0.478 e. The predicted octanol–water partition coefficient (Wildman–Crippen LogP) is 0.0972. The third kappa shape index (κ3) is 3.07. The number of carbonyl (C=O) groups is 2. The third-order valence-corrected chi connectivity index (χ3v) is 1.24. The van der Waals surface area contributed by atoms with Gasteiger partial charge in [-0.1, -0.05) is 0 Å². The van der Waals surface area contributed by atoms with Crippen molar-refractivity contribution in [2.75, 3.05) is 0 Å². The molecule has 64 valence electrons. The van der Waals surface area contributed by atoms with Crippen molar-refractivity contribution in [2.24, 2.45) is 0 Å². The van der Waals surface area contributed by atoms with Crippen molar-refractivity contribution in [3.8, 4) is 0 Å². The van der Waals surface area contributed by atoms with Crippen molar-refractivity contribution in [1.29, 1.82) is 0 Å².